The smallest absolute Gasteiger partial charge is 0.213 e. The molecule has 176 valence electrons. The van der Waals surface area contributed by atoms with Crippen molar-refractivity contribution < 1.29 is 9.47 Å². The molecule has 7 heteroatoms. The second-order valence-corrected chi connectivity index (χ2v) is 9.34. The summed E-state index contributed by atoms with van der Waals surface area (Å²) < 4.78 is 12.1. The van der Waals surface area contributed by atoms with Crippen LogP contribution in [0.2, 0.25) is 0 Å². The highest BCUT2D eigenvalue weighted by molar-refractivity contribution is 6.07. The minimum atomic E-state index is 0.202. The molecule has 4 heterocycles. The van der Waals surface area contributed by atoms with E-state index >= 15 is 0 Å². The lowest BCUT2D eigenvalue weighted by atomic mass is 9.92. The summed E-state index contributed by atoms with van der Waals surface area (Å²) in [5.41, 5.74) is 4.41. The lowest BCUT2D eigenvalue weighted by Gasteiger charge is -2.35. The molecule has 2 fully saturated rings. The minimum absolute atomic E-state index is 0.202. The number of fused-ring (bicyclic) bond motifs is 3. The van der Waals surface area contributed by atoms with Crippen LogP contribution in [0.15, 0.2) is 55.0 Å². The molecule has 3 aromatic heterocycles. The van der Waals surface area contributed by atoms with Gasteiger partial charge in [-0.05, 0) is 30.2 Å². The molecule has 0 radical (unpaired) electrons. The molecular formula is C27H31N5O2. The molecule has 0 amide bonds. The molecule has 0 bridgehead atoms. The average Bonchev–Trinajstić information content (AvgIpc) is 3.23. The number of pyridine rings is 2. The van der Waals surface area contributed by atoms with Gasteiger partial charge >= 0.3 is 0 Å². The van der Waals surface area contributed by atoms with E-state index in [0.717, 1.165) is 86.1 Å². The average molecular weight is 458 g/mol. The summed E-state index contributed by atoms with van der Waals surface area (Å²) in [5, 5.41) is 5.73. The van der Waals surface area contributed by atoms with Crippen LogP contribution in [-0.2, 0) is 4.74 Å². The molecule has 0 spiro atoms. The van der Waals surface area contributed by atoms with Gasteiger partial charge in [-0.2, -0.15) is 0 Å². The minimum Gasteiger partial charge on any atom is -0.474 e. The third-order valence-electron chi connectivity index (χ3n) is 6.99. The van der Waals surface area contributed by atoms with Gasteiger partial charge in [0.15, 0.2) is 0 Å². The fourth-order valence-corrected chi connectivity index (χ4v) is 4.94. The number of aromatic nitrogens is 3. The first-order chi connectivity index (χ1) is 16.8. The second-order valence-electron chi connectivity index (χ2n) is 9.34. The molecule has 1 saturated carbocycles. The highest BCUT2D eigenvalue weighted by atomic mass is 16.5. The van der Waals surface area contributed by atoms with E-state index in [4.69, 9.17) is 9.47 Å². The van der Waals surface area contributed by atoms with E-state index in [0.29, 0.717) is 12.0 Å². The maximum atomic E-state index is 6.06. The Hall–Kier alpha value is -3.00. The topological polar surface area (TPSA) is 75.3 Å². The third kappa shape index (κ3) is 4.64. The summed E-state index contributed by atoms with van der Waals surface area (Å²) in [6.07, 6.45) is 9.14. The number of ether oxygens (including phenoxy) is 2. The van der Waals surface area contributed by atoms with Gasteiger partial charge in [0.25, 0.3) is 0 Å². The largest absolute Gasteiger partial charge is 0.474 e. The molecule has 34 heavy (non-hydrogen) atoms. The fourth-order valence-electron chi connectivity index (χ4n) is 4.94. The molecule has 4 aromatic rings. The number of rotatable bonds is 8. The number of hydrogen-bond acceptors (Lipinski definition) is 6. The fraction of sp³-hybridized carbons (Fsp3) is 0.407. The zero-order valence-corrected chi connectivity index (χ0v) is 19.4. The number of piperazine rings is 1. The first kappa shape index (κ1) is 21.5. The summed E-state index contributed by atoms with van der Waals surface area (Å²) in [6.45, 7) is 6.49. The van der Waals surface area contributed by atoms with Crippen LogP contribution in [0.25, 0.3) is 32.9 Å². The molecule has 2 aliphatic rings. The van der Waals surface area contributed by atoms with Gasteiger partial charge in [-0.15, -0.1) is 0 Å². The number of H-pyrrole nitrogens is 1. The van der Waals surface area contributed by atoms with Crippen molar-refractivity contribution >= 4 is 21.8 Å². The number of hydrogen-bond donors (Lipinski definition) is 2. The zero-order valence-electron chi connectivity index (χ0n) is 19.4. The predicted molar refractivity (Wildman–Crippen MR) is 134 cm³/mol. The van der Waals surface area contributed by atoms with Gasteiger partial charge in [-0.3, -0.25) is 4.98 Å². The first-order valence-corrected chi connectivity index (χ1v) is 12.3. The summed E-state index contributed by atoms with van der Waals surface area (Å²) >= 11 is 0. The van der Waals surface area contributed by atoms with Crippen LogP contribution in [0, 0.1) is 0 Å². The van der Waals surface area contributed by atoms with Crippen molar-refractivity contribution in [3.63, 3.8) is 0 Å². The molecule has 0 unspecified atom stereocenters. The highest BCUT2D eigenvalue weighted by Gasteiger charge is 2.31. The van der Waals surface area contributed by atoms with Gasteiger partial charge < -0.3 is 24.7 Å². The van der Waals surface area contributed by atoms with E-state index in [-0.39, 0.29) is 6.10 Å². The van der Waals surface area contributed by atoms with Crippen molar-refractivity contribution in [3.05, 3.63) is 55.0 Å². The molecule has 1 aliphatic carbocycles. The van der Waals surface area contributed by atoms with Crippen LogP contribution in [0.5, 0.6) is 5.88 Å². The van der Waals surface area contributed by atoms with Crippen molar-refractivity contribution in [3.8, 4) is 17.0 Å². The Kier molecular flexibility index (Phi) is 6.14. The Morgan fingerprint density at radius 3 is 2.65 bits per heavy atom. The van der Waals surface area contributed by atoms with Crippen LogP contribution < -0.4 is 10.1 Å². The normalized spacial score (nSPS) is 21.1. The van der Waals surface area contributed by atoms with E-state index < -0.39 is 0 Å². The SMILES string of the molecule is c1cc2[nH]c3cc(-c4ccc(O[C@H]5C[C@@H](OCCCN6CCNCC6)C5)nc4)ccc3c2cn1. The molecule has 2 N–H and O–H groups in total. The summed E-state index contributed by atoms with van der Waals surface area (Å²) in [7, 11) is 0. The van der Waals surface area contributed by atoms with Gasteiger partial charge in [0.05, 0.1) is 6.10 Å². The lowest BCUT2D eigenvalue weighted by molar-refractivity contribution is -0.0636. The van der Waals surface area contributed by atoms with Crippen LogP contribution in [0.3, 0.4) is 0 Å². The second kappa shape index (κ2) is 9.70. The summed E-state index contributed by atoms with van der Waals surface area (Å²) in [4.78, 5) is 14.8. The Morgan fingerprint density at radius 1 is 0.912 bits per heavy atom. The van der Waals surface area contributed by atoms with Crippen LogP contribution >= 0.6 is 0 Å². The first-order valence-electron chi connectivity index (χ1n) is 12.3. The predicted octanol–water partition coefficient (Wildman–Crippen LogP) is 4.00. The van der Waals surface area contributed by atoms with E-state index in [9.17, 15) is 0 Å². The van der Waals surface area contributed by atoms with E-state index in [1.807, 2.05) is 30.7 Å². The van der Waals surface area contributed by atoms with Crippen molar-refractivity contribution in [2.45, 2.75) is 31.5 Å². The van der Waals surface area contributed by atoms with E-state index in [1.165, 1.54) is 5.39 Å². The van der Waals surface area contributed by atoms with Gasteiger partial charge in [0.1, 0.15) is 6.10 Å². The molecule has 1 saturated heterocycles. The zero-order chi connectivity index (χ0) is 22.7. The van der Waals surface area contributed by atoms with Crippen molar-refractivity contribution in [1.29, 1.82) is 0 Å². The van der Waals surface area contributed by atoms with Gasteiger partial charge in [-0.1, -0.05) is 12.1 Å². The number of nitrogens with one attached hydrogen (secondary N) is 2. The third-order valence-corrected chi connectivity index (χ3v) is 6.99. The number of aromatic amines is 1. The van der Waals surface area contributed by atoms with Gasteiger partial charge in [-0.25, -0.2) is 4.98 Å². The van der Waals surface area contributed by atoms with Gasteiger partial charge in [0, 0.05) is 104 Å². The van der Waals surface area contributed by atoms with Crippen molar-refractivity contribution in [1.82, 2.24) is 25.2 Å². The standard InChI is InChI=1S/C27H31N5O2/c1(10-32-11-8-28-9-12-32)13-33-21-15-22(16-21)34-27-5-3-20(17-30-27)19-2-4-23-24-18-29-7-6-25(24)31-26(23)14-19/h2-7,14,17-18,21-22,28,31H,1,8-13,15-16H2/t21-,22+. The van der Waals surface area contributed by atoms with Gasteiger partial charge in [0.2, 0.25) is 5.88 Å². The maximum Gasteiger partial charge on any atom is 0.213 e. The van der Waals surface area contributed by atoms with Crippen molar-refractivity contribution in [2.24, 2.45) is 0 Å². The number of nitrogens with zero attached hydrogens (tertiary/aromatic N) is 3. The molecule has 1 aliphatic heterocycles. The highest BCUT2D eigenvalue weighted by Crippen LogP contribution is 2.31. The molecule has 7 nitrogen and oxygen atoms in total. The Balaban J connectivity index is 0.984. The summed E-state index contributed by atoms with van der Waals surface area (Å²) in [6, 6.07) is 12.5. The maximum absolute atomic E-state index is 6.06. The lowest BCUT2D eigenvalue weighted by Crippen LogP contribution is -2.44. The molecule has 1 aromatic carbocycles. The number of benzene rings is 1. The van der Waals surface area contributed by atoms with Crippen LogP contribution in [-0.4, -0.2) is 71.4 Å². The van der Waals surface area contributed by atoms with Crippen LogP contribution in [0.1, 0.15) is 19.3 Å². The Morgan fingerprint density at radius 2 is 1.79 bits per heavy atom. The molecule has 0 atom stereocenters. The monoisotopic (exact) mass is 457 g/mol. The summed E-state index contributed by atoms with van der Waals surface area (Å²) in [5.74, 6) is 0.684. The van der Waals surface area contributed by atoms with Crippen LogP contribution in [0.4, 0.5) is 0 Å². The molecule has 6 rings (SSSR count). The van der Waals surface area contributed by atoms with E-state index in [1.54, 1.807) is 0 Å². The molecular weight excluding hydrogens is 426 g/mol. The quantitative estimate of drug-likeness (QED) is 0.390. The van der Waals surface area contributed by atoms with E-state index in [2.05, 4.69) is 49.4 Å². The Labute approximate surface area is 199 Å². The Bertz CT molecular complexity index is 1240. The van der Waals surface area contributed by atoms with Crippen molar-refractivity contribution in [2.75, 3.05) is 39.3 Å².